The van der Waals surface area contributed by atoms with E-state index >= 15 is 0 Å². The highest BCUT2D eigenvalue weighted by molar-refractivity contribution is 6.36. The lowest BCUT2D eigenvalue weighted by Crippen LogP contribution is -2.30. The number of halogens is 1. The van der Waals surface area contributed by atoms with Gasteiger partial charge < -0.3 is 24.7 Å². The third kappa shape index (κ3) is 5.35. The van der Waals surface area contributed by atoms with Gasteiger partial charge in [-0.2, -0.15) is 0 Å². The van der Waals surface area contributed by atoms with E-state index in [0.717, 1.165) is 85.0 Å². The van der Waals surface area contributed by atoms with Gasteiger partial charge in [-0.3, -0.25) is 14.5 Å². The number of nitrogens with one attached hydrogen (secondary N) is 2. The molecule has 2 aromatic heterocycles. The van der Waals surface area contributed by atoms with E-state index in [1.165, 1.54) is 0 Å². The van der Waals surface area contributed by atoms with Gasteiger partial charge in [-0.15, -0.1) is 0 Å². The number of benzene rings is 2. The van der Waals surface area contributed by atoms with Crippen molar-refractivity contribution >= 4 is 34.8 Å². The first-order valence-corrected chi connectivity index (χ1v) is 15.0. The molecule has 0 saturated carbocycles. The van der Waals surface area contributed by atoms with E-state index in [4.69, 9.17) is 11.6 Å². The largest absolute Gasteiger partial charge is 0.327 e. The number of aromatic nitrogens is 4. The van der Waals surface area contributed by atoms with Crippen LogP contribution in [0.1, 0.15) is 56.5 Å². The normalized spacial score (nSPS) is 15.2. The van der Waals surface area contributed by atoms with Crippen LogP contribution in [0.5, 0.6) is 0 Å². The van der Waals surface area contributed by atoms with Crippen molar-refractivity contribution in [1.82, 2.24) is 28.9 Å². The van der Waals surface area contributed by atoms with Crippen LogP contribution in [0, 0.1) is 6.92 Å². The molecule has 2 aromatic carbocycles. The molecule has 0 fully saturated rings. The summed E-state index contributed by atoms with van der Waals surface area (Å²) in [5.41, 5.74) is 7.74. The minimum Gasteiger partial charge on any atom is -0.327 e. The van der Waals surface area contributed by atoms with Crippen molar-refractivity contribution in [3.05, 3.63) is 81.4 Å². The van der Waals surface area contributed by atoms with Crippen LogP contribution in [0.25, 0.3) is 11.1 Å². The Labute approximate surface area is 256 Å². The predicted octanol–water partition coefficient (Wildman–Crippen LogP) is 4.65. The van der Waals surface area contributed by atoms with Crippen LogP contribution in [-0.4, -0.2) is 67.4 Å². The second-order valence-corrected chi connectivity index (χ2v) is 11.8. The number of hydrogen-bond donors (Lipinski definition) is 2. The highest BCUT2D eigenvalue weighted by atomic mass is 35.5. The van der Waals surface area contributed by atoms with Gasteiger partial charge >= 0.3 is 0 Å². The topological polar surface area (TPSA) is 100 Å². The van der Waals surface area contributed by atoms with Crippen molar-refractivity contribution < 1.29 is 9.59 Å². The molecular weight excluding hydrogens is 564 g/mol. The maximum absolute atomic E-state index is 13.4. The Hall–Kier alpha value is -3.99. The van der Waals surface area contributed by atoms with E-state index in [0.29, 0.717) is 28.0 Å². The Kier molecular flexibility index (Phi) is 7.85. The lowest BCUT2D eigenvalue weighted by atomic mass is 9.98. The summed E-state index contributed by atoms with van der Waals surface area (Å²) in [6.07, 6.45) is 1.73. The number of nitrogens with zero attached hydrogens (tertiary/aromatic N) is 6. The van der Waals surface area contributed by atoms with Gasteiger partial charge in [-0.25, -0.2) is 9.97 Å². The molecule has 0 bridgehead atoms. The highest BCUT2D eigenvalue weighted by Gasteiger charge is 2.26. The van der Waals surface area contributed by atoms with Crippen LogP contribution in [-0.2, 0) is 40.0 Å². The number of fused-ring (bicyclic) bond motifs is 2. The first kappa shape index (κ1) is 29.1. The zero-order chi connectivity index (χ0) is 30.4. The number of amides is 2. The van der Waals surface area contributed by atoms with E-state index in [1.807, 2.05) is 60.5 Å². The number of likely N-dealkylation sites (N-methyl/N-ethyl adjacent to an activating group) is 2. The summed E-state index contributed by atoms with van der Waals surface area (Å²) in [6.45, 7) is 8.41. The van der Waals surface area contributed by atoms with Crippen LogP contribution >= 0.6 is 11.6 Å². The van der Waals surface area contributed by atoms with Crippen molar-refractivity contribution in [2.24, 2.45) is 14.1 Å². The maximum Gasteiger partial charge on any atom is 0.291 e. The first-order valence-electron chi connectivity index (χ1n) is 14.7. The van der Waals surface area contributed by atoms with Gasteiger partial charge in [-0.1, -0.05) is 42.8 Å². The highest BCUT2D eigenvalue weighted by Crippen LogP contribution is 2.37. The Bertz CT molecular complexity index is 1740. The van der Waals surface area contributed by atoms with Crippen LogP contribution < -0.4 is 10.6 Å². The molecule has 2 aliphatic heterocycles. The molecule has 0 atom stereocenters. The second kappa shape index (κ2) is 11.6. The summed E-state index contributed by atoms with van der Waals surface area (Å²) in [4.78, 5) is 40.6. The Morgan fingerprint density at radius 1 is 0.814 bits per heavy atom. The van der Waals surface area contributed by atoms with E-state index in [2.05, 4.69) is 44.4 Å². The lowest BCUT2D eigenvalue weighted by molar-refractivity contribution is 0.100. The maximum atomic E-state index is 13.4. The number of anilines is 2. The molecule has 2 amide bonds. The fourth-order valence-electron chi connectivity index (χ4n) is 6.17. The number of imidazole rings is 2. The van der Waals surface area contributed by atoms with Crippen LogP contribution in [0.2, 0.25) is 5.02 Å². The summed E-state index contributed by atoms with van der Waals surface area (Å²) in [7, 11) is 5.85. The molecule has 4 aromatic rings. The number of carbonyl (C=O) groups is 2. The van der Waals surface area contributed by atoms with E-state index < -0.39 is 0 Å². The predicted molar refractivity (Wildman–Crippen MR) is 169 cm³/mol. The minimum atomic E-state index is -0.305. The Morgan fingerprint density at radius 2 is 1.37 bits per heavy atom. The van der Waals surface area contributed by atoms with E-state index in [1.54, 1.807) is 6.07 Å². The van der Waals surface area contributed by atoms with Gasteiger partial charge in [0.2, 0.25) is 0 Å². The SMILES string of the molecule is CCN1CCc2c(nc(C(=O)Nc3cccc(-c4cccc(NC(=O)c5nc6c(n5C)CCN(C)C6)c4C)c3Cl)n2C)C1. The number of carbonyl (C=O) groups excluding carboxylic acids is 2. The molecule has 4 heterocycles. The first-order chi connectivity index (χ1) is 20.7. The van der Waals surface area contributed by atoms with Gasteiger partial charge in [-0.05, 0) is 43.8 Å². The van der Waals surface area contributed by atoms with Crippen LogP contribution in [0.3, 0.4) is 0 Å². The van der Waals surface area contributed by atoms with Crippen molar-refractivity contribution in [3.63, 3.8) is 0 Å². The molecule has 0 radical (unpaired) electrons. The summed E-state index contributed by atoms with van der Waals surface area (Å²) in [6, 6.07) is 11.3. The third-order valence-electron chi connectivity index (χ3n) is 8.75. The van der Waals surface area contributed by atoms with Crippen molar-refractivity contribution in [1.29, 1.82) is 0 Å². The van der Waals surface area contributed by atoms with Crippen molar-refractivity contribution in [2.45, 2.75) is 39.8 Å². The summed E-state index contributed by atoms with van der Waals surface area (Å²) in [5.74, 6) is 0.201. The molecule has 0 aliphatic carbocycles. The minimum absolute atomic E-state index is 0.258. The van der Waals surface area contributed by atoms with Gasteiger partial charge in [0.1, 0.15) is 0 Å². The molecule has 2 aliphatic rings. The van der Waals surface area contributed by atoms with Crippen LogP contribution in [0.15, 0.2) is 36.4 Å². The molecule has 43 heavy (non-hydrogen) atoms. The van der Waals surface area contributed by atoms with Crippen molar-refractivity contribution in [3.8, 4) is 11.1 Å². The van der Waals surface area contributed by atoms with Gasteiger partial charge in [0.25, 0.3) is 11.8 Å². The zero-order valence-electron chi connectivity index (χ0n) is 25.3. The smallest absolute Gasteiger partial charge is 0.291 e. The summed E-state index contributed by atoms with van der Waals surface area (Å²) in [5, 5.41) is 6.46. The standard InChI is InChI=1S/C32H37ClN8O2/c1-6-41-16-14-27-25(18-41)35-30(40(27)5)32(43)37-23-12-8-10-21(28(23)33)20-9-7-11-22(19(20)2)36-31(42)29-34-24-17-38(3)15-13-26(24)39(29)4/h7-12H,6,13-18H2,1-5H3,(H,36,42)(H,37,43). The summed E-state index contributed by atoms with van der Waals surface area (Å²) >= 11 is 6.92. The molecule has 0 unspecified atom stereocenters. The Morgan fingerprint density at radius 3 is 2.02 bits per heavy atom. The molecular formula is C32H37ClN8O2. The van der Waals surface area contributed by atoms with E-state index in [-0.39, 0.29) is 11.8 Å². The fourth-order valence-corrected chi connectivity index (χ4v) is 6.45. The number of hydrogen-bond acceptors (Lipinski definition) is 6. The number of rotatable bonds is 6. The average Bonchev–Trinajstić information content (AvgIpc) is 3.50. The van der Waals surface area contributed by atoms with Crippen molar-refractivity contribution in [2.75, 3.05) is 37.3 Å². The molecule has 224 valence electrons. The van der Waals surface area contributed by atoms with Gasteiger partial charge in [0.05, 0.1) is 22.1 Å². The van der Waals surface area contributed by atoms with Gasteiger partial charge in [0.15, 0.2) is 11.6 Å². The molecule has 0 spiro atoms. The molecule has 2 N–H and O–H groups in total. The quantitative estimate of drug-likeness (QED) is 0.334. The molecule has 0 saturated heterocycles. The zero-order valence-corrected chi connectivity index (χ0v) is 26.0. The average molecular weight is 601 g/mol. The molecule has 11 heteroatoms. The second-order valence-electron chi connectivity index (χ2n) is 11.4. The summed E-state index contributed by atoms with van der Waals surface area (Å²) < 4.78 is 3.79. The van der Waals surface area contributed by atoms with E-state index in [9.17, 15) is 9.59 Å². The third-order valence-corrected chi connectivity index (χ3v) is 9.16. The lowest BCUT2D eigenvalue weighted by Gasteiger charge is -2.24. The van der Waals surface area contributed by atoms with Crippen LogP contribution in [0.4, 0.5) is 11.4 Å². The van der Waals surface area contributed by atoms with Gasteiger partial charge in [0, 0.05) is 75.8 Å². The Balaban J connectivity index is 1.24. The monoisotopic (exact) mass is 600 g/mol. The molecule has 6 rings (SSSR count). The fraction of sp³-hybridized carbons (Fsp3) is 0.375. The molecule has 10 nitrogen and oxygen atoms in total.